The second-order valence-corrected chi connectivity index (χ2v) is 6.19. The lowest BCUT2D eigenvalue weighted by atomic mass is 10.1. The predicted molar refractivity (Wildman–Crippen MR) is 96.4 cm³/mol. The summed E-state index contributed by atoms with van der Waals surface area (Å²) in [6.45, 7) is 10.2. The quantitative estimate of drug-likeness (QED) is 0.582. The molecule has 1 aromatic carbocycles. The zero-order chi connectivity index (χ0) is 21.0. The number of aromatic nitrogens is 2. The summed E-state index contributed by atoms with van der Waals surface area (Å²) in [5.74, 6) is -2.39. The van der Waals surface area contributed by atoms with E-state index in [0.29, 0.717) is 5.56 Å². The molecular formula is C18H14F3N5O2. The molecule has 0 aliphatic carbocycles. The molecule has 144 valence electrons. The van der Waals surface area contributed by atoms with Crippen molar-refractivity contribution in [3.8, 4) is 11.4 Å². The monoisotopic (exact) mass is 389 g/mol. The van der Waals surface area contributed by atoms with Crippen molar-refractivity contribution < 1.29 is 23.1 Å². The van der Waals surface area contributed by atoms with Crippen molar-refractivity contribution >= 4 is 28.6 Å². The second kappa shape index (κ2) is 6.16. The van der Waals surface area contributed by atoms with Crippen LogP contribution in [0, 0.1) is 20.4 Å². The van der Waals surface area contributed by atoms with Crippen molar-refractivity contribution in [2.24, 2.45) is 5.73 Å². The van der Waals surface area contributed by atoms with Gasteiger partial charge in [-0.1, -0.05) is 18.7 Å². The third-order valence-electron chi connectivity index (χ3n) is 4.36. The topological polar surface area (TPSA) is 112 Å². The van der Waals surface area contributed by atoms with Crippen molar-refractivity contribution in [1.82, 2.24) is 9.55 Å². The Balaban J connectivity index is 2.61. The Morgan fingerprint density at radius 2 is 1.93 bits per heavy atom. The molecule has 0 aliphatic heterocycles. The van der Waals surface area contributed by atoms with Gasteiger partial charge in [-0.15, -0.1) is 4.98 Å². The number of hydrogen-bond donors (Lipinski definition) is 3. The van der Waals surface area contributed by atoms with Gasteiger partial charge in [0.25, 0.3) is 11.7 Å². The summed E-state index contributed by atoms with van der Waals surface area (Å²) in [4.78, 5) is 19.3. The van der Waals surface area contributed by atoms with Gasteiger partial charge < -0.3 is 21.4 Å². The molecule has 0 aliphatic rings. The Kier molecular flexibility index (Phi) is 4.19. The molecule has 0 atom stereocenters. The van der Waals surface area contributed by atoms with Gasteiger partial charge in [0, 0.05) is 0 Å². The average Bonchev–Trinajstić information content (AvgIpc) is 2.85. The lowest BCUT2D eigenvalue weighted by Crippen LogP contribution is -2.16. The van der Waals surface area contributed by atoms with Gasteiger partial charge in [-0.2, -0.15) is 13.2 Å². The Morgan fingerprint density at radius 3 is 2.46 bits per heavy atom. The fraction of sp³-hybridized carbons (Fsp3) is 0.167. The number of alkyl halides is 3. The number of halogens is 3. The summed E-state index contributed by atoms with van der Waals surface area (Å²) < 4.78 is 42.0. The number of phenols is 1. The molecular weight excluding hydrogens is 375 g/mol. The number of hydrogen-bond acceptors (Lipinski definition) is 4. The van der Waals surface area contributed by atoms with Crippen molar-refractivity contribution in [2.45, 2.75) is 20.0 Å². The van der Waals surface area contributed by atoms with Crippen LogP contribution >= 0.6 is 0 Å². The fourth-order valence-corrected chi connectivity index (χ4v) is 3.16. The highest BCUT2D eigenvalue weighted by molar-refractivity contribution is 6.11. The molecule has 28 heavy (non-hydrogen) atoms. The number of pyridine rings is 1. The molecule has 0 fully saturated rings. The zero-order valence-corrected chi connectivity index (χ0v) is 14.7. The van der Waals surface area contributed by atoms with E-state index in [1.54, 1.807) is 6.92 Å². The summed E-state index contributed by atoms with van der Waals surface area (Å²) in [6, 6.07) is 3.62. The van der Waals surface area contributed by atoms with Gasteiger partial charge in [-0.25, -0.2) is 0 Å². The number of anilines is 1. The lowest BCUT2D eigenvalue weighted by molar-refractivity contribution is -0.138. The number of phenolic OH excluding ortho intramolecular Hbond substituents is 1. The van der Waals surface area contributed by atoms with E-state index in [2.05, 4.69) is 9.83 Å². The first-order chi connectivity index (χ1) is 13.0. The smallest absolute Gasteiger partial charge is 0.421 e. The van der Waals surface area contributed by atoms with Gasteiger partial charge in [0.15, 0.2) is 0 Å². The zero-order valence-electron chi connectivity index (χ0n) is 14.7. The molecule has 2 heterocycles. The molecule has 0 spiro atoms. The molecule has 5 N–H and O–H groups in total. The second-order valence-electron chi connectivity index (χ2n) is 6.19. The van der Waals surface area contributed by atoms with E-state index < -0.39 is 29.1 Å². The first-order valence-electron chi connectivity index (χ1n) is 7.88. The molecule has 0 radical (unpaired) electrons. The summed E-state index contributed by atoms with van der Waals surface area (Å²) in [7, 11) is 0. The maximum Gasteiger partial charge on any atom is 0.421 e. The molecule has 0 unspecified atom stereocenters. The van der Waals surface area contributed by atoms with E-state index in [9.17, 15) is 23.1 Å². The van der Waals surface area contributed by atoms with E-state index in [1.807, 2.05) is 0 Å². The summed E-state index contributed by atoms with van der Waals surface area (Å²) in [5, 5.41) is 10.0. The summed E-state index contributed by atoms with van der Waals surface area (Å²) in [6.07, 6.45) is -4.92. The highest BCUT2D eigenvalue weighted by atomic mass is 19.4. The molecule has 2 aromatic heterocycles. The molecule has 3 rings (SSSR count). The first-order valence-corrected chi connectivity index (χ1v) is 7.88. The number of nitrogen functional groups attached to an aromatic ring is 1. The van der Waals surface area contributed by atoms with Crippen LogP contribution in [0.15, 0.2) is 18.2 Å². The van der Waals surface area contributed by atoms with E-state index in [0.717, 1.165) is 10.6 Å². The van der Waals surface area contributed by atoms with Crippen LogP contribution in [0.2, 0.25) is 0 Å². The van der Waals surface area contributed by atoms with Crippen LogP contribution in [-0.4, -0.2) is 20.6 Å². The van der Waals surface area contributed by atoms with Crippen LogP contribution in [0.5, 0.6) is 5.75 Å². The Labute approximate surface area is 156 Å². The fourth-order valence-electron chi connectivity index (χ4n) is 3.16. The number of nitrogens with zero attached hydrogens (tertiary/aromatic N) is 3. The van der Waals surface area contributed by atoms with Gasteiger partial charge in [0.2, 0.25) is 5.65 Å². The maximum absolute atomic E-state index is 13.7. The molecule has 0 bridgehead atoms. The highest BCUT2D eigenvalue weighted by Gasteiger charge is 2.40. The SMILES string of the molecule is [C-]#[N+]c1nc2c(cc1C)c(C(N)=O)c(N)n2-c1c(C)ccc(O)c1C(F)(F)F. The largest absolute Gasteiger partial charge is 0.507 e. The average molecular weight is 389 g/mol. The van der Waals surface area contributed by atoms with Gasteiger partial charge in [0.1, 0.15) is 17.1 Å². The Hall–Kier alpha value is -3.74. The standard InChI is InChI=1S/C18H14F3N5O2/c1-7-4-5-10(27)12(18(19,20)21)13(7)26-14(22)11(15(23)28)9-6-8(2)16(24-3)25-17(9)26/h4-6,27H,22H2,1-2H3,(H2,23,28). The number of fused-ring (bicyclic) bond motifs is 1. The molecule has 0 saturated heterocycles. The molecule has 10 heteroatoms. The van der Waals surface area contributed by atoms with Crippen LogP contribution in [0.3, 0.4) is 0 Å². The Morgan fingerprint density at radius 1 is 1.29 bits per heavy atom. The highest BCUT2D eigenvalue weighted by Crippen LogP contribution is 2.44. The van der Waals surface area contributed by atoms with Crippen molar-refractivity contribution in [2.75, 3.05) is 5.73 Å². The van der Waals surface area contributed by atoms with Crippen LogP contribution in [0.4, 0.5) is 24.8 Å². The van der Waals surface area contributed by atoms with Crippen LogP contribution in [-0.2, 0) is 6.18 Å². The third kappa shape index (κ3) is 2.68. The lowest BCUT2D eigenvalue weighted by Gasteiger charge is -2.18. The number of rotatable bonds is 2. The number of nitrogens with two attached hydrogens (primary N) is 2. The van der Waals surface area contributed by atoms with E-state index >= 15 is 0 Å². The first kappa shape index (κ1) is 19.0. The van der Waals surface area contributed by atoms with Crippen LogP contribution < -0.4 is 11.5 Å². The van der Waals surface area contributed by atoms with Crippen LogP contribution in [0.25, 0.3) is 21.6 Å². The van der Waals surface area contributed by atoms with Gasteiger partial charge in [-0.3, -0.25) is 9.36 Å². The number of benzene rings is 1. The van der Waals surface area contributed by atoms with Gasteiger partial charge >= 0.3 is 6.18 Å². The van der Waals surface area contributed by atoms with E-state index in [-0.39, 0.29) is 33.8 Å². The van der Waals surface area contributed by atoms with Crippen LogP contribution in [0.1, 0.15) is 27.0 Å². The summed E-state index contributed by atoms with van der Waals surface area (Å²) >= 11 is 0. The van der Waals surface area contributed by atoms with Gasteiger partial charge in [0.05, 0.1) is 16.6 Å². The minimum atomic E-state index is -4.92. The van der Waals surface area contributed by atoms with E-state index in [4.69, 9.17) is 18.0 Å². The maximum atomic E-state index is 13.7. The van der Waals surface area contributed by atoms with Crippen molar-refractivity contribution in [3.63, 3.8) is 0 Å². The van der Waals surface area contributed by atoms with Gasteiger partial charge in [-0.05, 0) is 31.0 Å². The normalized spacial score (nSPS) is 11.6. The summed E-state index contributed by atoms with van der Waals surface area (Å²) in [5.41, 5.74) is 9.77. The number of carbonyl (C=O) groups is 1. The Bertz CT molecular complexity index is 1190. The predicted octanol–water partition coefficient (Wildman–Crippen LogP) is 3.60. The van der Waals surface area contributed by atoms with E-state index in [1.165, 1.54) is 19.1 Å². The number of carbonyl (C=O) groups excluding carboxylic acids is 1. The molecule has 7 nitrogen and oxygen atoms in total. The number of amides is 1. The molecule has 0 saturated carbocycles. The minimum Gasteiger partial charge on any atom is -0.507 e. The number of aryl methyl sites for hydroxylation is 2. The number of primary amides is 1. The molecule has 1 amide bonds. The van der Waals surface area contributed by atoms with Crippen molar-refractivity contribution in [3.05, 3.63) is 51.9 Å². The van der Waals surface area contributed by atoms with Crippen molar-refractivity contribution in [1.29, 1.82) is 0 Å². The third-order valence-corrected chi connectivity index (χ3v) is 4.36. The minimum absolute atomic E-state index is 0.0614. The number of aromatic hydroxyl groups is 1. The molecule has 3 aromatic rings.